The Morgan fingerprint density at radius 2 is 1.71 bits per heavy atom. The Kier molecular flexibility index (Phi) is 6.63. The molecule has 0 aliphatic heterocycles. The summed E-state index contributed by atoms with van der Waals surface area (Å²) in [6.07, 6.45) is 3.34. The number of carbonyl (C=O) groups is 1. The van der Waals surface area contributed by atoms with Crippen LogP contribution in [0.2, 0.25) is 0 Å². The van der Waals surface area contributed by atoms with Crippen LogP contribution >= 0.6 is 0 Å². The summed E-state index contributed by atoms with van der Waals surface area (Å²) in [5.41, 5.74) is 1.65. The summed E-state index contributed by atoms with van der Waals surface area (Å²) in [6, 6.07) is 20.9. The average Bonchev–Trinajstić information content (AvgIpc) is 2.73. The molecule has 3 aromatic rings. The van der Waals surface area contributed by atoms with Crippen LogP contribution in [0.15, 0.2) is 79.1 Å². The van der Waals surface area contributed by atoms with Crippen molar-refractivity contribution in [1.82, 2.24) is 10.3 Å². The van der Waals surface area contributed by atoms with E-state index in [2.05, 4.69) is 29.5 Å². The lowest BCUT2D eigenvalue weighted by Gasteiger charge is -2.24. The molecule has 2 N–H and O–H groups in total. The standard InChI is InChI=1S/C23H25N3O2/c1-17(2)22(26-19-7-4-3-5-8-19)16-25-23(27)18-10-12-20(13-11-18)28-21-9-6-14-24-15-21/h3-15,17,22,26H,16H2,1-2H3,(H,25,27). The lowest BCUT2D eigenvalue weighted by atomic mass is 10.0. The molecular weight excluding hydrogens is 350 g/mol. The zero-order valence-corrected chi connectivity index (χ0v) is 16.1. The summed E-state index contributed by atoms with van der Waals surface area (Å²) in [5.74, 6) is 1.59. The highest BCUT2D eigenvalue weighted by Crippen LogP contribution is 2.20. The van der Waals surface area contributed by atoms with Crippen LogP contribution in [0.1, 0.15) is 24.2 Å². The Morgan fingerprint density at radius 1 is 0.964 bits per heavy atom. The van der Waals surface area contributed by atoms with Gasteiger partial charge in [-0.3, -0.25) is 9.78 Å². The topological polar surface area (TPSA) is 63.2 Å². The molecular formula is C23H25N3O2. The summed E-state index contributed by atoms with van der Waals surface area (Å²) in [7, 11) is 0. The highest BCUT2D eigenvalue weighted by atomic mass is 16.5. The predicted octanol–water partition coefficient (Wildman–Crippen LogP) is 4.74. The molecule has 0 aliphatic carbocycles. The zero-order chi connectivity index (χ0) is 19.8. The van der Waals surface area contributed by atoms with Gasteiger partial charge in [-0.05, 0) is 54.4 Å². The molecule has 0 saturated carbocycles. The summed E-state index contributed by atoms with van der Waals surface area (Å²) in [6.45, 7) is 4.81. The van der Waals surface area contributed by atoms with Gasteiger partial charge in [0.15, 0.2) is 0 Å². The fourth-order valence-electron chi connectivity index (χ4n) is 2.72. The van der Waals surface area contributed by atoms with Crippen molar-refractivity contribution in [3.8, 4) is 11.5 Å². The molecule has 1 unspecified atom stereocenters. The second kappa shape index (κ2) is 9.55. The van der Waals surface area contributed by atoms with Gasteiger partial charge in [0.2, 0.25) is 0 Å². The van der Waals surface area contributed by atoms with E-state index in [1.807, 2.05) is 42.5 Å². The third kappa shape index (κ3) is 5.58. The number of hydrogen-bond acceptors (Lipinski definition) is 4. The third-order valence-corrected chi connectivity index (χ3v) is 4.40. The van der Waals surface area contributed by atoms with Gasteiger partial charge in [-0.1, -0.05) is 32.0 Å². The molecule has 0 bridgehead atoms. The quantitative estimate of drug-likeness (QED) is 0.597. The Hall–Kier alpha value is -3.34. The minimum Gasteiger partial charge on any atom is -0.456 e. The third-order valence-electron chi connectivity index (χ3n) is 4.40. The number of benzene rings is 2. The molecule has 28 heavy (non-hydrogen) atoms. The molecule has 1 amide bonds. The number of nitrogens with one attached hydrogen (secondary N) is 2. The molecule has 144 valence electrons. The van der Waals surface area contributed by atoms with Gasteiger partial charge in [-0.2, -0.15) is 0 Å². The van der Waals surface area contributed by atoms with Gasteiger partial charge >= 0.3 is 0 Å². The van der Waals surface area contributed by atoms with Crippen LogP contribution in [-0.2, 0) is 0 Å². The van der Waals surface area contributed by atoms with Crippen molar-refractivity contribution in [1.29, 1.82) is 0 Å². The van der Waals surface area contributed by atoms with E-state index in [9.17, 15) is 4.79 Å². The predicted molar refractivity (Wildman–Crippen MR) is 112 cm³/mol. The number of anilines is 1. The Bertz CT molecular complexity index is 865. The summed E-state index contributed by atoms with van der Waals surface area (Å²) in [4.78, 5) is 16.5. The first-order valence-electron chi connectivity index (χ1n) is 9.39. The first-order valence-corrected chi connectivity index (χ1v) is 9.39. The van der Waals surface area contributed by atoms with E-state index in [0.717, 1.165) is 5.69 Å². The van der Waals surface area contributed by atoms with E-state index in [0.29, 0.717) is 29.5 Å². The van der Waals surface area contributed by atoms with Gasteiger partial charge in [-0.25, -0.2) is 0 Å². The number of carbonyl (C=O) groups excluding carboxylic acids is 1. The van der Waals surface area contributed by atoms with E-state index in [1.165, 1.54) is 0 Å². The Balaban J connectivity index is 1.56. The summed E-state index contributed by atoms with van der Waals surface area (Å²) in [5, 5.41) is 6.50. The molecule has 0 saturated heterocycles. The van der Waals surface area contributed by atoms with E-state index in [-0.39, 0.29) is 11.9 Å². The molecule has 0 aliphatic rings. The SMILES string of the molecule is CC(C)C(CNC(=O)c1ccc(Oc2cccnc2)cc1)Nc1ccccc1. The van der Waals surface area contributed by atoms with Gasteiger partial charge < -0.3 is 15.4 Å². The van der Waals surface area contributed by atoms with Gasteiger partial charge in [-0.15, -0.1) is 0 Å². The van der Waals surface area contributed by atoms with Crippen LogP contribution in [0.4, 0.5) is 5.69 Å². The number of nitrogens with zero attached hydrogens (tertiary/aromatic N) is 1. The lowest BCUT2D eigenvalue weighted by molar-refractivity contribution is 0.0950. The van der Waals surface area contributed by atoms with Crippen molar-refractivity contribution in [2.24, 2.45) is 5.92 Å². The molecule has 1 atom stereocenters. The maximum atomic E-state index is 12.5. The van der Waals surface area contributed by atoms with Crippen molar-refractivity contribution in [3.63, 3.8) is 0 Å². The van der Waals surface area contributed by atoms with Crippen molar-refractivity contribution in [2.75, 3.05) is 11.9 Å². The molecule has 5 nitrogen and oxygen atoms in total. The van der Waals surface area contributed by atoms with Crippen LogP contribution in [0.25, 0.3) is 0 Å². The lowest BCUT2D eigenvalue weighted by Crippen LogP contribution is -2.39. The molecule has 0 spiro atoms. The van der Waals surface area contributed by atoms with E-state index in [1.54, 1.807) is 36.7 Å². The monoisotopic (exact) mass is 375 g/mol. The Morgan fingerprint density at radius 3 is 2.36 bits per heavy atom. The van der Waals surface area contributed by atoms with E-state index in [4.69, 9.17) is 4.74 Å². The molecule has 5 heteroatoms. The minimum atomic E-state index is -0.103. The highest BCUT2D eigenvalue weighted by molar-refractivity contribution is 5.94. The molecule has 0 radical (unpaired) electrons. The minimum absolute atomic E-state index is 0.103. The highest BCUT2D eigenvalue weighted by Gasteiger charge is 2.15. The van der Waals surface area contributed by atoms with Crippen molar-refractivity contribution in [3.05, 3.63) is 84.7 Å². The largest absolute Gasteiger partial charge is 0.456 e. The van der Waals surface area contributed by atoms with Gasteiger partial charge in [0.05, 0.1) is 6.20 Å². The summed E-state index contributed by atoms with van der Waals surface area (Å²) >= 11 is 0. The first kappa shape index (κ1) is 19.4. The molecule has 1 aromatic heterocycles. The number of ether oxygens (including phenoxy) is 1. The second-order valence-corrected chi connectivity index (χ2v) is 6.89. The molecule has 3 rings (SSSR count). The van der Waals surface area contributed by atoms with Crippen LogP contribution < -0.4 is 15.4 Å². The molecule has 2 aromatic carbocycles. The van der Waals surface area contributed by atoms with Crippen molar-refractivity contribution < 1.29 is 9.53 Å². The first-order chi connectivity index (χ1) is 13.6. The fraction of sp³-hybridized carbons (Fsp3) is 0.217. The van der Waals surface area contributed by atoms with Gasteiger partial charge in [0.1, 0.15) is 11.5 Å². The summed E-state index contributed by atoms with van der Waals surface area (Å²) < 4.78 is 5.70. The molecule has 1 heterocycles. The van der Waals surface area contributed by atoms with Crippen LogP contribution in [0.3, 0.4) is 0 Å². The number of rotatable bonds is 8. The van der Waals surface area contributed by atoms with Crippen LogP contribution in [0.5, 0.6) is 11.5 Å². The fourth-order valence-corrected chi connectivity index (χ4v) is 2.72. The molecule has 0 fully saturated rings. The van der Waals surface area contributed by atoms with Crippen molar-refractivity contribution >= 4 is 11.6 Å². The smallest absolute Gasteiger partial charge is 0.251 e. The zero-order valence-electron chi connectivity index (χ0n) is 16.1. The second-order valence-electron chi connectivity index (χ2n) is 6.89. The maximum Gasteiger partial charge on any atom is 0.251 e. The number of para-hydroxylation sites is 1. The number of aromatic nitrogens is 1. The van der Waals surface area contributed by atoms with E-state index < -0.39 is 0 Å². The normalized spacial score (nSPS) is 11.7. The average molecular weight is 375 g/mol. The number of pyridine rings is 1. The van der Waals surface area contributed by atoms with E-state index >= 15 is 0 Å². The van der Waals surface area contributed by atoms with Gasteiger partial charge in [0.25, 0.3) is 5.91 Å². The van der Waals surface area contributed by atoms with Crippen LogP contribution in [0, 0.1) is 5.92 Å². The number of amides is 1. The number of hydrogen-bond donors (Lipinski definition) is 2. The maximum absolute atomic E-state index is 12.5. The Labute approximate surface area is 165 Å². The van der Waals surface area contributed by atoms with Crippen molar-refractivity contribution in [2.45, 2.75) is 19.9 Å². The van der Waals surface area contributed by atoms with Gasteiger partial charge in [0, 0.05) is 30.0 Å². The van der Waals surface area contributed by atoms with Crippen LogP contribution in [-0.4, -0.2) is 23.5 Å².